The number of rotatable bonds is 5. The highest BCUT2D eigenvalue weighted by molar-refractivity contribution is 6.27. The van der Waals surface area contributed by atoms with Crippen molar-refractivity contribution in [2.75, 3.05) is 0 Å². The third-order valence-electron chi connectivity index (χ3n) is 9.48. The van der Waals surface area contributed by atoms with Gasteiger partial charge in [0, 0.05) is 38.2 Å². The van der Waals surface area contributed by atoms with Gasteiger partial charge >= 0.3 is 0 Å². The van der Waals surface area contributed by atoms with Gasteiger partial charge in [-0.3, -0.25) is 0 Å². The minimum Gasteiger partial charge on any atom is -0.456 e. The lowest BCUT2D eigenvalue weighted by atomic mass is 10.0. The van der Waals surface area contributed by atoms with Gasteiger partial charge in [-0.2, -0.15) is 0 Å². The zero-order valence-corrected chi connectivity index (χ0v) is 26.9. The molecule has 3 heterocycles. The molecule has 0 aliphatic carbocycles. The molecule has 0 aliphatic heterocycles. The van der Waals surface area contributed by atoms with Crippen molar-refractivity contribution < 1.29 is 4.42 Å². The van der Waals surface area contributed by atoms with Crippen LogP contribution in [0.4, 0.5) is 0 Å². The van der Waals surface area contributed by atoms with Crippen LogP contribution in [-0.2, 0) is 0 Å². The van der Waals surface area contributed by atoms with Gasteiger partial charge in [0.1, 0.15) is 11.2 Å². The maximum atomic E-state index is 6.32. The molecule has 0 bridgehead atoms. The fraction of sp³-hybridized carbons (Fsp3) is 0. The van der Waals surface area contributed by atoms with Crippen molar-refractivity contribution in [3.63, 3.8) is 0 Å². The van der Waals surface area contributed by atoms with Crippen LogP contribution < -0.4 is 0 Å². The first-order valence-corrected chi connectivity index (χ1v) is 16.7. The summed E-state index contributed by atoms with van der Waals surface area (Å²) >= 11 is 0. The molecule has 10 rings (SSSR count). The van der Waals surface area contributed by atoms with Gasteiger partial charge in [0.2, 0.25) is 0 Å². The van der Waals surface area contributed by atoms with Crippen LogP contribution in [0.2, 0.25) is 0 Å². The quantitative estimate of drug-likeness (QED) is 0.188. The highest BCUT2D eigenvalue weighted by Crippen LogP contribution is 2.42. The van der Waals surface area contributed by atoms with E-state index in [-0.39, 0.29) is 0 Å². The Morgan fingerprint density at radius 2 is 0.920 bits per heavy atom. The van der Waals surface area contributed by atoms with E-state index in [2.05, 4.69) is 126 Å². The molecule has 234 valence electrons. The molecule has 0 spiro atoms. The Bertz CT molecular complexity index is 2850. The molecule has 3 aromatic heterocycles. The SMILES string of the molecule is c1ccc(-c2ccc(-c3nc(-c4ccccc4)nc(-c4ccccc4-n4c5ccccc5c5c6c(ccc54)oc4ccccc46)n3)cc2)cc1. The Morgan fingerprint density at radius 3 is 1.70 bits per heavy atom. The van der Waals surface area contributed by atoms with Crippen LogP contribution in [0, 0.1) is 0 Å². The molecule has 0 saturated carbocycles. The fourth-order valence-electron chi connectivity index (χ4n) is 7.18. The fourth-order valence-corrected chi connectivity index (χ4v) is 7.18. The van der Waals surface area contributed by atoms with E-state index < -0.39 is 0 Å². The second kappa shape index (κ2) is 11.4. The second-order valence-corrected chi connectivity index (χ2v) is 12.4. The van der Waals surface area contributed by atoms with Crippen LogP contribution in [0.5, 0.6) is 0 Å². The molecule has 0 fully saturated rings. The van der Waals surface area contributed by atoms with E-state index in [0.29, 0.717) is 17.5 Å². The Hall–Kier alpha value is -6.85. The van der Waals surface area contributed by atoms with Crippen LogP contribution in [0.1, 0.15) is 0 Å². The van der Waals surface area contributed by atoms with Crippen LogP contribution in [0.25, 0.3) is 94.7 Å². The maximum absolute atomic E-state index is 6.32. The first kappa shape index (κ1) is 28.2. The van der Waals surface area contributed by atoms with Gasteiger partial charge in [-0.1, -0.05) is 133 Å². The zero-order valence-electron chi connectivity index (χ0n) is 26.9. The van der Waals surface area contributed by atoms with E-state index >= 15 is 0 Å². The molecule has 7 aromatic carbocycles. The topological polar surface area (TPSA) is 56.7 Å². The highest BCUT2D eigenvalue weighted by Gasteiger charge is 2.21. The number of hydrogen-bond donors (Lipinski definition) is 0. The van der Waals surface area contributed by atoms with Crippen LogP contribution in [-0.4, -0.2) is 19.5 Å². The first-order valence-electron chi connectivity index (χ1n) is 16.7. The predicted octanol–water partition coefficient (Wildman–Crippen LogP) is 11.5. The standard InChI is InChI=1S/C45H28N4O/c1-3-13-29(14-4-1)30-23-25-32(26-24-30)44-46-43(31-15-5-2-6-16-31)47-45(48-44)34-18-8-11-21-37(34)49-36-20-10-7-17-33(36)41-38(49)27-28-40-42(41)35-19-9-12-22-39(35)50-40/h1-28H. The number of fused-ring (bicyclic) bond motifs is 7. The summed E-state index contributed by atoms with van der Waals surface area (Å²) in [5.41, 5.74) is 10.0. The first-order chi connectivity index (χ1) is 24.8. The monoisotopic (exact) mass is 640 g/mol. The van der Waals surface area contributed by atoms with Crippen molar-refractivity contribution in [3.05, 3.63) is 170 Å². The lowest BCUT2D eigenvalue weighted by molar-refractivity contribution is 0.669. The van der Waals surface area contributed by atoms with Crippen molar-refractivity contribution in [3.8, 4) is 51.0 Å². The molecule has 0 unspecified atom stereocenters. The molecule has 0 amide bonds. The number of hydrogen-bond acceptors (Lipinski definition) is 4. The van der Waals surface area contributed by atoms with Gasteiger partial charge in [0.25, 0.3) is 0 Å². The number of aromatic nitrogens is 4. The number of benzene rings is 7. The second-order valence-electron chi connectivity index (χ2n) is 12.4. The average Bonchev–Trinajstić information content (AvgIpc) is 3.74. The summed E-state index contributed by atoms with van der Waals surface area (Å²) in [6.45, 7) is 0. The van der Waals surface area contributed by atoms with E-state index in [1.165, 1.54) is 5.56 Å². The molecule has 10 aromatic rings. The lowest BCUT2D eigenvalue weighted by Gasteiger charge is -2.14. The van der Waals surface area contributed by atoms with E-state index in [9.17, 15) is 0 Å². The molecular weight excluding hydrogens is 613 g/mol. The highest BCUT2D eigenvalue weighted by atomic mass is 16.3. The molecule has 0 radical (unpaired) electrons. The van der Waals surface area contributed by atoms with E-state index in [1.54, 1.807) is 0 Å². The summed E-state index contributed by atoms with van der Waals surface area (Å²) in [7, 11) is 0. The summed E-state index contributed by atoms with van der Waals surface area (Å²) in [5, 5.41) is 4.56. The van der Waals surface area contributed by atoms with Crippen molar-refractivity contribution in [1.82, 2.24) is 19.5 Å². The summed E-state index contributed by atoms with van der Waals surface area (Å²) in [5.74, 6) is 1.86. The van der Waals surface area contributed by atoms with Gasteiger partial charge in [-0.05, 0) is 47.5 Å². The number of furan rings is 1. The largest absolute Gasteiger partial charge is 0.456 e. The third kappa shape index (κ3) is 4.52. The Morgan fingerprint density at radius 1 is 0.360 bits per heavy atom. The minimum atomic E-state index is 0.609. The smallest absolute Gasteiger partial charge is 0.166 e. The molecule has 50 heavy (non-hydrogen) atoms. The molecule has 5 heteroatoms. The van der Waals surface area contributed by atoms with Gasteiger partial charge in [0.05, 0.1) is 16.7 Å². The molecule has 0 aliphatic rings. The van der Waals surface area contributed by atoms with Crippen molar-refractivity contribution >= 4 is 43.7 Å². The number of para-hydroxylation sites is 3. The summed E-state index contributed by atoms with van der Waals surface area (Å²) in [4.78, 5) is 15.3. The normalized spacial score (nSPS) is 11.6. The maximum Gasteiger partial charge on any atom is 0.166 e. The molecular formula is C45H28N4O. The lowest BCUT2D eigenvalue weighted by Crippen LogP contribution is -2.03. The van der Waals surface area contributed by atoms with Gasteiger partial charge in [-0.25, -0.2) is 15.0 Å². The summed E-state index contributed by atoms with van der Waals surface area (Å²) in [6, 6.07) is 58.4. The molecule has 0 atom stereocenters. The molecule has 5 nitrogen and oxygen atoms in total. The predicted molar refractivity (Wildman–Crippen MR) is 203 cm³/mol. The molecule has 0 N–H and O–H groups in total. The zero-order chi connectivity index (χ0) is 33.0. The van der Waals surface area contributed by atoms with Crippen LogP contribution in [0.3, 0.4) is 0 Å². The number of nitrogens with zero attached hydrogens (tertiary/aromatic N) is 4. The summed E-state index contributed by atoms with van der Waals surface area (Å²) < 4.78 is 8.66. The van der Waals surface area contributed by atoms with Crippen molar-refractivity contribution in [2.24, 2.45) is 0 Å². The van der Waals surface area contributed by atoms with E-state index in [4.69, 9.17) is 19.4 Å². The Kier molecular flexibility index (Phi) is 6.42. The van der Waals surface area contributed by atoms with Gasteiger partial charge in [0.15, 0.2) is 17.5 Å². The summed E-state index contributed by atoms with van der Waals surface area (Å²) in [6.07, 6.45) is 0. The van der Waals surface area contributed by atoms with E-state index in [0.717, 1.165) is 71.7 Å². The Balaban J connectivity index is 1.21. The molecule has 0 saturated heterocycles. The van der Waals surface area contributed by atoms with E-state index in [1.807, 2.05) is 48.5 Å². The van der Waals surface area contributed by atoms with Gasteiger partial charge in [-0.15, -0.1) is 0 Å². The Labute approximate surface area is 287 Å². The third-order valence-corrected chi connectivity index (χ3v) is 9.48. The minimum absolute atomic E-state index is 0.609. The average molecular weight is 641 g/mol. The van der Waals surface area contributed by atoms with Crippen molar-refractivity contribution in [1.29, 1.82) is 0 Å². The van der Waals surface area contributed by atoms with Crippen LogP contribution >= 0.6 is 0 Å². The van der Waals surface area contributed by atoms with Crippen LogP contribution in [0.15, 0.2) is 174 Å². The van der Waals surface area contributed by atoms with Crippen molar-refractivity contribution in [2.45, 2.75) is 0 Å². The van der Waals surface area contributed by atoms with Gasteiger partial charge < -0.3 is 8.98 Å².